The molecule has 0 saturated carbocycles. The van der Waals surface area contributed by atoms with Crippen LogP contribution in [0.4, 0.5) is 0 Å². The lowest BCUT2D eigenvalue weighted by Crippen LogP contribution is -2.52. The largest absolute Gasteiger partial charge is 0.474 e. The quantitative estimate of drug-likeness (QED) is 0.430. The van der Waals surface area contributed by atoms with Crippen molar-refractivity contribution in [1.29, 1.82) is 0 Å². The summed E-state index contributed by atoms with van der Waals surface area (Å²) in [6, 6.07) is 5.97. The van der Waals surface area contributed by atoms with Crippen molar-refractivity contribution in [2.45, 2.75) is 103 Å². The highest BCUT2D eigenvalue weighted by atomic mass is 32.2. The summed E-state index contributed by atoms with van der Waals surface area (Å²) in [6.45, 7) is 10.4. The number of aromatic nitrogens is 1. The van der Waals surface area contributed by atoms with Gasteiger partial charge in [-0.2, -0.15) is 0 Å². The summed E-state index contributed by atoms with van der Waals surface area (Å²) in [4.78, 5) is 71.4. The predicted molar refractivity (Wildman–Crippen MR) is 191 cm³/mol. The highest BCUT2D eigenvalue weighted by Gasteiger charge is 2.44. The topological polar surface area (TPSA) is 154 Å². The zero-order valence-electron chi connectivity index (χ0n) is 28.5. The molecule has 4 aliphatic heterocycles. The van der Waals surface area contributed by atoms with Crippen molar-refractivity contribution in [2.24, 2.45) is 21.8 Å². The maximum absolute atomic E-state index is 14.3. The Labute approximate surface area is 295 Å². The standard InChI is InChI=1S/C35H45N7O5S2/c1-6-19(4)27-34-38-24(17-49-34)30(44)39-26(18(2)3)33-37-23(16-48-33)29(43)36-22(15-21-11-8-7-9-12-21)35(46)42-14-10-13-25(42)32-41-28(20(5)47-32)31(45)40-27/h7-9,11-12,16,18-20,22,24-28H,6,10,13-15,17H2,1-5H3,(H,36,43)(H,39,44)(H,40,45)/t19-,20+,22+,24-,25-,26+,27-,28-/m0/s1. The molecule has 1 aromatic carbocycles. The number of fused-ring (bicyclic) bond motifs is 6. The molecule has 1 saturated heterocycles. The minimum atomic E-state index is -0.878. The fourth-order valence-electron chi connectivity index (χ4n) is 6.65. The Hall–Kier alpha value is -3.78. The van der Waals surface area contributed by atoms with Gasteiger partial charge < -0.3 is 25.6 Å². The number of carbonyl (C=O) groups excluding carboxylic acids is 4. The number of aliphatic imine (C=N–C) groups is 2. The van der Waals surface area contributed by atoms with Crippen LogP contribution in [0.1, 0.15) is 81.0 Å². The SMILES string of the molecule is CC[C@H](C)[C@@H]1NC(=O)[C@H]2N=C(O[C@@H]2C)[C@@H]2CCCN2C(=O)[C@@H](Cc2ccccc2)NC(=O)c2csc(n2)[C@@H](C(C)C)NC(=O)[C@@H]2CSC1=N2. The van der Waals surface area contributed by atoms with E-state index in [1.807, 2.05) is 51.1 Å². The van der Waals surface area contributed by atoms with Gasteiger partial charge in [0.25, 0.3) is 5.91 Å². The van der Waals surface area contributed by atoms with Gasteiger partial charge in [0.05, 0.1) is 17.1 Å². The number of nitrogens with zero attached hydrogens (tertiary/aromatic N) is 4. The van der Waals surface area contributed by atoms with Crippen LogP contribution in [0.2, 0.25) is 0 Å². The number of amides is 4. The van der Waals surface area contributed by atoms with Crippen LogP contribution < -0.4 is 16.0 Å². The summed E-state index contributed by atoms with van der Waals surface area (Å²) < 4.78 is 6.20. The predicted octanol–water partition coefficient (Wildman–Crippen LogP) is 3.53. The van der Waals surface area contributed by atoms with Gasteiger partial charge in [-0.3, -0.25) is 24.2 Å². The van der Waals surface area contributed by atoms with E-state index in [1.54, 1.807) is 10.3 Å². The molecule has 6 bridgehead atoms. The van der Waals surface area contributed by atoms with Gasteiger partial charge in [-0.1, -0.05) is 64.4 Å². The van der Waals surface area contributed by atoms with Gasteiger partial charge >= 0.3 is 0 Å². The monoisotopic (exact) mass is 707 g/mol. The van der Waals surface area contributed by atoms with Crippen LogP contribution in [0, 0.1) is 11.8 Å². The molecule has 0 unspecified atom stereocenters. The Kier molecular flexibility index (Phi) is 10.7. The van der Waals surface area contributed by atoms with Gasteiger partial charge in [-0.15, -0.1) is 23.1 Å². The van der Waals surface area contributed by atoms with Gasteiger partial charge in [0.2, 0.25) is 23.6 Å². The molecular formula is C35H45N7O5S2. The molecule has 49 heavy (non-hydrogen) atoms. The summed E-state index contributed by atoms with van der Waals surface area (Å²) >= 11 is 2.78. The third-order valence-corrected chi connectivity index (χ3v) is 11.8. The van der Waals surface area contributed by atoms with Crippen molar-refractivity contribution in [3.63, 3.8) is 0 Å². The summed E-state index contributed by atoms with van der Waals surface area (Å²) in [7, 11) is 0. The highest BCUT2D eigenvalue weighted by molar-refractivity contribution is 8.14. The number of thioether (sulfide) groups is 1. The molecule has 1 aromatic heterocycles. The Morgan fingerprint density at radius 3 is 2.49 bits per heavy atom. The fourth-order valence-corrected chi connectivity index (χ4v) is 8.90. The van der Waals surface area contributed by atoms with E-state index in [1.165, 1.54) is 23.1 Å². The van der Waals surface area contributed by atoms with Crippen molar-refractivity contribution in [3.05, 3.63) is 52.0 Å². The number of benzene rings is 1. The molecule has 14 heteroatoms. The molecule has 1 fully saturated rings. The minimum absolute atomic E-state index is 0.0161. The normalized spacial score (nSPS) is 30.0. The lowest BCUT2D eigenvalue weighted by molar-refractivity contribution is -0.133. The van der Waals surface area contributed by atoms with Crippen LogP contribution >= 0.6 is 23.1 Å². The summed E-state index contributed by atoms with van der Waals surface area (Å²) in [5.41, 5.74) is 1.09. The molecule has 0 aliphatic carbocycles. The third kappa shape index (κ3) is 7.54. The van der Waals surface area contributed by atoms with Crippen molar-refractivity contribution in [1.82, 2.24) is 25.8 Å². The summed E-state index contributed by atoms with van der Waals surface area (Å²) in [5, 5.41) is 12.3. The zero-order chi connectivity index (χ0) is 34.8. The molecular weight excluding hydrogens is 663 g/mol. The Morgan fingerprint density at radius 1 is 1.00 bits per heavy atom. The number of hydrogen-bond acceptors (Lipinski definition) is 10. The van der Waals surface area contributed by atoms with Gasteiger partial charge in [-0.25, -0.2) is 9.98 Å². The molecule has 4 amide bonds. The number of hydrogen-bond donors (Lipinski definition) is 3. The minimum Gasteiger partial charge on any atom is -0.474 e. The van der Waals surface area contributed by atoms with Crippen molar-refractivity contribution in [2.75, 3.05) is 12.3 Å². The summed E-state index contributed by atoms with van der Waals surface area (Å²) in [5.74, 6) is -0.359. The van der Waals surface area contributed by atoms with Gasteiger partial charge in [0.15, 0.2) is 6.04 Å². The van der Waals surface area contributed by atoms with E-state index >= 15 is 0 Å². The van der Waals surface area contributed by atoms with Gasteiger partial charge in [0, 0.05) is 24.1 Å². The Balaban J connectivity index is 1.38. The molecule has 6 rings (SSSR count). The maximum Gasteiger partial charge on any atom is 0.271 e. The number of rotatable bonds is 5. The molecule has 4 aliphatic rings. The molecule has 2 aromatic rings. The van der Waals surface area contributed by atoms with Crippen LogP contribution in [0.15, 0.2) is 45.7 Å². The average Bonchev–Trinajstić information content (AvgIpc) is 3.91. The first-order valence-corrected chi connectivity index (χ1v) is 19.1. The van der Waals surface area contributed by atoms with Crippen LogP contribution in [0.5, 0.6) is 0 Å². The van der Waals surface area contributed by atoms with E-state index in [0.717, 1.165) is 23.4 Å². The second kappa shape index (κ2) is 15.0. The van der Waals surface area contributed by atoms with Crippen LogP contribution in [-0.4, -0.2) is 93.1 Å². The van der Waals surface area contributed by atoms with Crippen LogP contribution in [0.3, 0.4) is 0 Å². The van der Waals surface area contributed by atoms with Gasteiger partial charge in [0.1, 0.15) is 34.9 Å². The Bertz CT molecular complexity index is 1630. The van der Waals surface area contributed by atoms with E-state index in [2.05, 4.69) is 34.8 Å². The molecule has 12 nitrogen and oxygen atoms in total. The van der Waals surface area contributed by atoms with E-state index in [0.29, 0.717) is 29.6 Å². The van der Waals surface area contributed by atoms with Crippen molar-refractivity contribution >= 4 is 57.7 Å². The second-order valence-corrected chi connectivity index (χ2v) is 15.5. The molecule has 3 N–H and O–H groups in total. The second-order valence-electron chi connectivity index (χ2n) is 13.6. The molecule has 8 atom stereocenters. The first kappa shape index (κ1) is 35.1. The fraction of sp³-hybridized carbons (Fsp3) is 0.571. The third-order valence-electron chi connectivity index (χ3n) is 9.73. The van der Waals surface area contributed by atoms with Gasteiger partial charge in [-0.05, 0) is 37.2 Å². The first-order chi connectivity index (χ1) is 23.5. The Morgan fingerprint density at radius 2 is 1.76 bits per heavy atom. The lowest BCUT2D eigenvalue weighted by Gasteiger charge is -2.29. The number of carbonyl (C=O) groups is 4. The smallest absolute Gasteiger partial charge is 0.271 e. The molecule has 5 heterocycles. The van der Waals surface area contributed by atoms with Crippen LogP contribution in [0.25, 0.3) is 0 Å². The number of thiazole rings is 1. The average molecular weight is 708 g/mol. The summed E-state index contributed by atoms with van der Waals surface area (Å²) in [6.07, 6.45) is 1.91. The zero-order valence-corrected chi connectivity index (χ0v) is 30.2. The van der Waals surface area contributed by atoms with E-state index < -0.39 is 42.2 Å². The first-order valence-electron chi connectivity index (χ1n) is 17.2. The van der Waals surface area contributed by atoms with Crippen LogP contribution in [-0.2, 0) is 25.5 Å². The van der Waals surface area contributed by atoms with E-state index in [4.69, 9.17) is 14.7 Å². The highest BCUT2D eigenvalue weighted by Crippen LogP contribution is 2.30. The molecule has 0 spiro atoms. The number of nitrogens with one attached hydrogen (secondary N) is 3. The molecule has 262 valence electrons. The van der Waals surface area contributed by atoms with Crippen molar-refractivity contribution in [3.8, 4) is 0 Å². The van der Waals surface area contributed by atoms with E-state index in [9.17, 15) is 19.2 Å². The maximum atomic E-state index is 14.3. The van der Waals surface area contributed by atoms with Crippen molar-refractivity contribution < 1.29 is 23.9 Å². The number of ether oxygens (including phenoxy) is 1. The molecule has 0 radical (unpaired) electrons. The lowest BCUT2D eigenvalue weighted by atomic mass is 9.99. The van der Waals surface area contributed by atoms with E-state index in [-0.39, 0.29) is 47.7 Å².